The molecule has 0 bridgehead atoms. The Labute approximate surface area is 175 Å². The summed E-state index contributed by atoms with van der Waals surface area (Å²) in [4.78, 5) is 12.8. The van der Waals surface area contributed by atoms with Crippen molar-refractivity contribution in [2.45, 2.75) is 63.7 Å². The fourth-order valence-electron chi connectivity index (χ4n) is 4.16. The Morgan fingerprint density at radius 1 is 1.29 bits per heavy atom. The number of aliphatic hydroxyl groups is 1. The largest absolute Gasteiger partial charge is 0.459 e. The molecule has 2 N–H and O–H groups in total. The molecule has 1 fully saturated rings. The van der Waals surface area contributed by atoms with Crippen molar-refractivity contribution in [1.29, 1.82) is 0 Å². The lowest BCUT2D eigenvalue weighted by Gasteiger charge is -2.37. The van der Waals surface area contributed by atoms with E-state index in [0.29, 0.717) is 18.8 Å². The number of benzene rings is 1. The molecule has 5 nitrogen and oxygen atoms in total. The Hall–Kier alpha value is -1.37. The molecule has 154 valence electrons. The van der Waals surface area contributed by atoms with Gasteiger partial charge in [0.25, 0.3) is 5.91 Å². The summed E-state index contributed by atoms with van der Waals surface area (Å²) in [5.74, 6) is 0.225. The molecule has 1 aromatic rings. The van der Waals surface area contributed by atoms with Gasteiger partial charge in [0.15, 0.2) is 5.76 Å². The smallest absolute Gasteiger partial charge is 0.286 e. The third-order valence-corrected chi connectivity index (χ3v) is 6.11. The maximum absolute atomic E-state index is 12.8. The molecule has 1 aromatic carbocycles. The number of hydrogen-bond donors (Lipinski definition) is 2. The average molecular weight is 452 g/mol. The van der Waals surface area contributed by atoms with Crippen LogP contribution in [0.2, 0.25) is 0 Å². The Morgan fingerprint density at radius 2 is 2.00 bits per heavy atom. The van der Waals surface area contributed by atoms with Crippen LogP contribution in [0.25, 0.3) is 0 Å². The first-order valence-electron chi connectivity index (χ1n) is 10.3. The molecule has 1 heterocycles. The van der Waals surface area contributed by atoms with Crippen LogP contribution in [0.5, 0.6) is 0 Å². The summed E-state index contributed by atoms with van der Waals surface area (Å²) < 4.78 is 12.9. The zero-order valence-corrected chi connectivity index (χ0v) is 18.0. The third-order valence-electron chi connectivity index (χ3n) is 5.58. The minimum atomic E-state index is -0.500. The van der Waals surface area contributed by atoms with E-state index in [-0.39, 0.29) is 30.4 Å². The number of ether oxygens (including phenoxy) is 2. The van der Waals surface area contributed by atoms with Crippen LogP contribution in [0.4, 0.5) is 0 Å². The van der Waals surface area contributed by atoms with Crippen molar-refractivity contribution < 1.29 is 19.4 Å². The summed E-state index contributed by atoms with van der Waals surface area (Å²) in [6.45, 7) is 2.56. The normalized spacial score (nSPS) is 25.2. The highest BCUT2D eigenvalue weighted by atomic mass is 79.9. The minimum Gasteiger partial charge on any atom is -0.459 e. The van der Waals surface area contributed by atoms with Crippen LogP contribution < -0.4 is 5.32 Å². The molecule has 6 heteroatoms. The first-order chi connectivity index (χ1) is 13.6. The fraction of sp³-hybridized carbons (Fsp3) is 0.591. The number of aliphatic hydroxyl groups excluding tert-OH is 1. The quantitative estimate of drug-likeness (QED) is 0.619. The Bertz CT molecular complexity index is 670. The van der Waals surface area contributed by atoms with Crippen LogP contribution in [0, 0.1) is 5.92 Å². The number of allylic oxidation sites excluding steroid dienone is 1. The van der Waals surface area contributed by atoms with E-state index in [1.165, 1.54) is 0 Å². The van der Waals surface area contributed by atoms with Crippen LogP contribution in [-0.4, -0.2) is 36.6 Å². The number of hydrogen-bond acceptors (Lipinski definition) is 4. The van der Waals surface area contributed by atoms with Gasteiger partial charge in [0, 0.05) is 35.6 Å². The van der Waals surface area contributed by atoms with Crippen molar-refractivity contribution in [3.63, 3.8) is 0 Å². The average Bonchev–Trinajstić information content (AvgIpc) is 3.20. The molecule has 1 aliphatic carbocycles. The number of halogens is 1. The molecule has 3 rings (SSSR count). The number of amides is 1. The van der Waals surface area contributed by atoms with Crippen molar-refractivity contribution >= 4 is 21.8 Å². The van der Waals surface area contributed by atoms with Crippen molar-refractivity contribution in [2.75, 3.05) is 13.2 Å². The lowest BCUT2D eigenvalue weighted by Crippen LogP contribution is -2.41. The van der Waals surface area contributed by atoms with Gasteiger partial charge in [-0.2, -0.15) is 0 Å². The molecule has 1 amide bonds. The molecular formula is C22H30BrNO4. The van der Waals surface area contributed by atoms with Gasteiger partial charge in [0.1, 0.15) is 0 Å². The SMILES string of the molecule is CCO[C@H]1OC(C(=O)NC2CCCC2)=C[C@@H](c2ccc(Br)cc2)[C@@H]1CCCO. The Morgan fingerprint density at radius 3 is 2.64 bits per heavy atom. The number of carbonyl (C=O) groups is 1. The molecule has 2 aliphatic rings. The molecule has 0 aromatic heterocycles. The first-order valence-corrected chi connectivity index (χ1v) is 11.1. The highest BCUT2D eigenvalue weighted by Gasteiger charge is 2.38. The van der Waals surface area contributed by atoms with E-state index in [0.717, 1.165) is 42.1 Å². The second-order valence-corrected chi connectivity index (χ2v) is 8.45. The number of rotatable bonds is 8. The highest BCUT2D eigenvalue weighted by Crippen LogP contribution is 2.39. The highest BCUT2D eigenvalue weighted by molar-refractivity contribution is 9.10. The molecule has 0 unspecified atom stereocenters. The lowest BCUT2D eigenvalue weighted by atomic mass is 9.80. The number of carbonyl (C=O) groups excluding carboxylic acids is 1. The number of nitrogens with one attached hydrogen (secondary N) is 1. The molecule has 0 radical (unpaired) electrons. The first kappa shape index (κ1) is 21.3. The van der Waals surface area contributed by atoms with Gasteiger partial charge < -0.3 is 19.9 Å². The van der Waals surface area contributed by atoms with Crippen LogP contribution in [-0.2, 0) is 14.3 Å². The predicted molar refractivity (Wildman–Crippen MR) is 112 cm³/mol. The summed E-state index contributed by atoms with van der Waals surface area (Å²) in [6.07, 6.45) is 7.25. The molecule has 1 saturated carbocycles. The Kier molecular flexibility index (Phi) is 7.94. The standard InChI is InChI=1S/C22H30BrNO4/c1-2-27-22-18(8-5-13-25)19(15-9-11-16(23)12-10-15)14-20(28-22)21(26)24-17-6-3-4-7-17/h9-12,14,17-19,22,25H,2-8,13H2,1H3,(H,24,26)/t18-,19-,22-/m0/s1. The van der Waals surface area contributed by atoms with Crippen LogP contribution >= 0.6 is 15.9 Å². The lowest BCUT2D eigenvalue weighted by molar-refractivity contribution is -0.166. The van der Waals surface area contributed by atoms with Gasteiger partial charge in [-0.3, -0.25) is 4.79 Å². The fourth-order valence-corrected chi connectivity index (χ4v) is 4.42. The van der Waals surface area contributed by atoms with Gasteiger partial charge in [-0.1, -0.05) is 40.9 Å². The molecular weight excluding hydrogens is 422 g/mol. The maximum atomic E-state index is 12.8. The molecule has 28 heavy (non-hydrogen) atoms. The van der Waals surface area contributed by atoms with E-state index in [9.17, 15) is 9.90 Å². The summed E-state index contributed by atoms with van der Waals surface area (Å²) in [5, 5.41) is 12.5. The van der Waals surface area contributed by atoms with E-state index >= 15 is 0 Å². The zero-order chi connectivity index (χ0) is 19.9. The second-order valence-electron chi connectivity index (χ2n) is 7.53. The Balaban J connectivity index is 1.87. The summed E-state index contributed by atoms with van der Waals surface area (Å²) >= 11 is 3.49. The van der Waals surface area contributed by atoms with E-state index in [4.69, 9.17) is 9.47 Å². The maximum Gasteiger partial charge on any atom is 0.286 e. The van der Waals surface area contributed by atoms with E-state index < -0.39 is 6.29 Å². The minimum absolute atomic E-state index is 0.00530. The predicted octanol–water partition coefficient (Wildman–Crippen LogP) is 4.26. The van der Waals surface area contributed by atoms with Crippen molar-refractivity contribution in [3.05, 3.63) is 46.1 Å². The van der Waals surface area contributed by atoms with E-state index in [2.05, 4.69) is 33.4 Å². The third kappa shape index (κ3) is 5.37. The van der Waals surface area contributed by atoms with E-state index in [1.807, 2.05) is 25.1 Å². The van der Waals surface area contributed by atoms with Crippen molar-refractivity contribution in [1.82, 2.24) is 5.32 Å². The molecule has 3 atom stereocenters. The van der Waals surface area contributed by atoms with Crippen molar-refractivity contribution in [3.8, 4) is 0 Å². The van der Waals surface area contributed by atoms with Gasteiger partial charge in [0.05, 0.1) is 0 Å². The summed E-state index contributed by atoms with van der Waals surface area (Å²) in [7, 11) is 0. The molecule has 0 saturated heterocycles. The van der Waals surface area contributed by atoms with Gasteiger partial charge in [-0.15, -0.1) is 0 Å². The monoisotopic (exact) mass is 451 g/mol. The van der Waals surface area contributed by atoms with Crippen LogP contribution in [0.3, 0.4) is 0 Å². The summed E-state index contributed by atoms with van der Waals surface area (Å²) in [5.41, 5.74) is 1.12. The van der Waals surface area contributed by atoms with Crippen LogP contribution in [0.1, 0.15) is 56.9 Å². The van der Waals surface area contributed by atoms with Gasteiger partial charge in [-0.05, 0) is 56.4 Å². The second kappa shape index (κ2) is 10.4. The van der Waals surface area contributed by atoms with E-state index in [1.54, 1.807) is 0 Å². The van der Waals surface area contributed by atoms with Gasteiger partial charge in [-0.25, -0.2) is 0 Å². The van der Waals surface area contributed by atoms with Crippen LogP contribution in [0.15, 0.2) is 40.6 Å². The topological polar surface area (TPSA) is 67.8 Å². The molecule has 0 spiro atoms. The zero-order valence-electron chi connectivity index (χ0n) is 16.4. The molecule has 1 aliphatic heterocycles. The summed E-state index contributed by atoms with van der Waals surface area (Å²) in [6, 6.07) is 8.39. The van der Waals surface area contributed by atoms with Gasteiger partial charge >= 0.3 is 0 Å². The van der Waals surface area contributed by atoms with Gasteiger partial charge in [0.2, 0.25) is 6.29 Å². The van der Waals surface area contributed by atoms with Crippen molar-refractivity contribution in [2.24, 2.45) is 5.92 Å².